The minimum Gasteiger partial charge on any atom is -0.478 e. The Bertz CT molecular complexity index is 1010. The van der Waals surface area contributed by atoms with Gasteiger partial charge in [0.25, 0.3) is 0 Å². The fourth-order valence-corrected chi connectivity index (χ4v) is 4.07. The smallest absolute Gasteiger partial charge is 0.336 e. The minimum absolute atomic E-state index is 0.0342. The highest BCUT2D eigenvalue weighted by atomic mass is 19.1. The normalized spacial score (nSPS) is 11.4. The van der Waals surface area contributed by atoms with Crippen LogP contribution in [0.15, 0.2) is 36.4 Å². The van der Waals surface area contributed by atoms with E-state index in [0.717, 1.165) is 25.7 Å². The van der Waals surface area contributed by atoms with Gasteiger partial charge in [0.15, 0.2) is 0 Å². The summed E-state index contributed by atoms with van der Waals surface area (Å²) in [6, 6.07) is 9.26. The highest BCUT2D eigenvalue weighted by Crippen LogP contribution is 2.31. The molecule has 1 N–H and O–H groups in total. The Hall–Kier alpha value is -2.49. The Morgan fingerprint density at radius 3 is 2.21 bits per heavy atom. The number of fused-ring (bicyclic) bond motifs is 2. The summed E-state index contributed by atoms with van der Waals surface area (Å²) in [6.45, 7) is 2.19. The first-order valence-electron chi connectivity index (χ1n) is 10.6. The van der Waals surface area contributed by atoms with E-state index in [2.05, 4.69) is 6.92 Å². The second-order valence-electron chi connectivity index (χ2n) is 7.78. The van der Waals surface area contributed by atoms with Crippen molar-refractivity contribution in [3.05, 3.63) is 59.2 Å². The van der Waals surface area contributed by atoms with E-state index in [-0.39, 0.29) is 11.1 Å². The molecule has 3 aromatic carbocycles. The molecule has 29 heavy (non-hydrogen) atoms. The van der Waals surface area contributed by atoms with Crippen molar-refractivity contribution in [2.75, 3.05) is 0 Å². The standard InChI is InChI=1S/C25H28F2O2/c1-2-3-4-5-6-7-8-9-12-19-23(27)15-18-14-17-11-10-13-22(26)20(17)16-21(18)24(19)25(28)29/h10-11,13-16H,2-9,12H2,1H3,(H,28,29). The van der Waals surface area contributed by atoms with Gasteiger partial charge in [0.2, 0.25) is 0 Å². The van der Waals surface area contributed by atoms with Gasteiger partial charge in [-0.3, -0.25) is 0 Å². The number of hydrogen-bond donors (Lipinski definition) is 1. The van der Waals surface area contributed by atoms with E-state index in [1.54, 1.807) is 24.3 Å². The van der Waals surface area contributed by atoms with Crippen molar-refractivity contribution in [3.8, 4) is 0 Å². The average Bonchev–Trinajstić information content (AvgIpc) is 2.69. The Kier molecular flexibility index (Phi) is 7.18. The predicted molar refractivity (Wildman–Crippen MR) is 115 cm³/mol. The summed E-state index contributed by atoms with van der Waals surface area (Å²) in [5.41, 5.74) is 0.194. The molecule has 0 spiro atoms. The fraction of sp³-hybridized carbons (Fsp3) is 0.400. The highest BCUT2D eigenvalue weighted by molar-refractivity contribution is 6.09. The predicted octanol–water partition coefficient (Wildman–Crippen LogP) is 7.65. The number of carboxylic acid groups (broad SMARTS) is 1. The molecule has 0 aliphatic carbocycles. The summed E-state index contributed by atoms with van der Waals surface area (Å²) in [5.74, 6) is -2.07. The van der Waals surface area contributed by atoms with Crippen LogP contribution in [0.3, 0.4) is 0 Å². The number of carboxylic acids is 1. The summed E-state index contributed by atoms with van der Waals surface area (Å²) in [6.07, 6.45) is 9.29. The van der Waals surface area contributed by atoms with Gasteiger partial charge in [0.1, 0.15) is 11.6 Å². The van der Waals surface area contributed by atoms with Crippen molar-refractivity contribution in [1.82, 2.24) is 0 Å². The van der Waals surface area contributed by atoms with Crippen LogP contribution in [0.2, 0.25) is 0 Å². The van der Waals surface area contributed by atoms with Gasteiger partial charge in [-0.25, -0.2) is 13.6 Å². The molecular formula is C25H28F2O2. The first kappa shape index (κ1) is 21.2. The maximum absolute atomic E-state index is 14.8. The van der Waals surface area contributed by atoms with Crippen molar-refractivity contribution in [2.24, 2.45) is 0 Å². The van der Waals surface area contributed by atoms with E-state index in [0.29, 0.717) is 28.0 Å². The Balaban J connectivity index is 1.84. The summed E-state index contributed by atoms with van der Waals surface area (Å²) >= 11 is 0. The van der Waals surface area contributed by atoms with Crippen LogP contribution in [0.25, 0.3) is 21.5 Å². The zero-order chi connectivity index (χ0) is 20.8. The monoisotopic (exact) mass is 398 g/mol. The number of carbonyl (C=O) groups is 1. The van der Waals surface area contributed by atoms with E-state index in [1.807, 2.05) is 0 Å². The number of unbranched alkanes of at least 4 members (excludes halogenated alkanes) is 7. The zero-order valence-corrected chi connectivity index (χ0v) is 16.9. The van der Waals surface area contributed by atoms with E-state index < -0.39 is 17.6 Å². The van der Waals surface area contributed by atoms with E-state index in [4.69, 9.17) is 0 Å². The lowest BCUT2D eigenvalue weighted by Crippen LogP contribution is -2.07. The van der Waals surface area contributed by atoms with Crippen LogP contribution in [-0.2, 0) is 6.42 Å². The number of benzene rings is 3. The summed E-state index contributed by atoms with van der Waals surface area (Å²) < 4.78 is 29.0. The Morgan fingerprint density at radius 2 is 1.52 bits per heavy atom. The van der Waals surface area contributed by atoms with Gasteiger partial charge in [-0.15, -0.1) is 0 Å². The number of hydrogen-bond acceptors (Lipinski definition) is 1. The molecule has 0 saturated heterocycles. The SMILES string of the molecule is CCCCCCCCCCc1c(F)cc2cc3cccc(F)c3cc2c1C(=O)O. The second kappa shape index (κ2) is 9.82. The minimum atomic E-state index is -1.17. The molecule has 0 aromatic heterocycles. The van der Waals surface area contributed by atoms with Gasteiger partial charge in [0, 0.05) is 10.9 Å². The molecule has 0 radical (unpaired) electrons. The van der Waals surface area contributed by atoms with Gasteiger partial charge in [-0.05, 0) is 53.3 Å². The maximum Gasteiger partial charge on any atom is 0.336 e. The van der Waals surface area contributed by atoms with Crippen molar-refractivity contribution >= 4 is 27.5 Å². The van der Waals surface area contributed by atoms with E-state index in [9.17, 15) is 18.7 Å². The van der Waals surface area contributed by atoms with E-state index in [1.165, 1.54) is 37.8 Å². The van der Waals surface area contributed by atoms with Crippen LogP contribution < -0.4 is 0 Å². The van der Waals surface area contributed by atoms with Crippen molar-refractivity contribution in [1.29, 1.82) is 0 Å². The maximum atomic E-state index is 14.8. The summed E-state index contributed by atoms with van der Waals surface area (Å²) in [5, 5.41) is 11.7. The van der Waals surface area contributed by atoms with Crippen molar-refractivity contribution < 1.29 is 18.7 Å². The quantitative estimate of drug-likeness (QED) is 0.281. The first-order valence-corrected chi connectivity index (χ1v) is 10.6. The Morgan fingerprint density at radius 1 is 0.828 bits per heavy atom. The number of aromatic carboxylic acids is 1. The molecular weight excluding hydrogens is 370 g/mol. The fourth-order valence-electron chi connectivity index (χ4n) is 4.07. The third-order valence-electron chi connectivity index (χ3n) is 5.63. The number of halogens is 2. The lowest BCUT2D eigenvalue weighted by molar-refractivity contribution is 0.0697. The number of rotatable bonds is 10. The summed E-state index contributed by atoms with van der Waals surface area (Å²) in [4.78, 5) is 12.0. The van der Waals surface area contributed by atoms with Gasteiger partial charge < -0.3 is 5.11 Å². The average molecular weight is 398 g/mol. The lowest BCUT2D eigenvalue weighted by Gasteiger charge is -2.13. The highest BCUT2D eigenvalue weighted by Gasteiger charge is 2.20. The topological polar surface area (TPSA) is 37.3 Å². The molecule has 0 unspecified atom stereocenters. The third kappa shape index (κ3) is 4.92. The molecule has 4 heteroatoms. The van der Waals surface area contributed by atoms with Crippen molar-refractivity contribution in [3.63, 3.8) is 0 Å². The van der Waals surface area contributed by atoms with Crippen LogP contribution in [-0.4, -0.2) is 11.1 Å². The summed E-state index contributed by atoms with van der Waals surface area (Å²) in [7, 11) is 0. The van der Waals surface area contributed by atoms with Crippen LogP contribution in [0, 0.1) is 11.6 Å². The molecule has 0 atom stereocenters. The van der Waals surface area contributed by atoms with Gasteiger partial charge in [-0.2, -0.15) is 0 Å². The largest absolute Gasteiger partial charge is 0.478 e. The molecule has 0 bridgehead atoms. The van der Waals surface area contributed by atoms with Gasteiger partial charge in [-0.1, -0.05) is 64.0 Å². The van der Waals surface area contributed by atoms with Crippen LogP contribution >= 0.6 is 0 Å². The third-order valence-corrected chi connectivity index (χ3v) is 5.63. The molecule has 0 aliphatic rings. The van der Waals surface area contributed by atoms with Crippen LogP contribution in [0.4, 0.5) is 8.78 Å². The molecule has 0 amide bonds. The van der Waals surface area contributed by atoms with E-state index >= 15 is 0 Å². The van der Waals surface area contributed by atoms with Crippen LogP contribution in [0.5, 0.6) is 0 Å². The first-order chi connectivity index (χ1) is 14.0. The second-order valence-corrected chi connectivity index (χ2v) is 7.78. The van der Waals surface area contributed by atoms with Crippen LogP contribution in [0.1, 0.15) is 74.2 Å². The van der Waals surface area contributed by atoms with Gasteiger partial charge >= 0.3 is 5.97 Å². The molecule has 154 valence electrons. The zero-order valence-electron chi connectivity index (χ0n) is 16.9. The lowest BCUT2D eigenvalue weighted by atomic mass is 9.92. The Labute approximate surface area is 170 Å². The molecule has 0 fully saturated rings. The molecule has 0 aliphatic heterocycles. The van der Waals surface area contributed by atoms with Crippen molar-refractivity contribution in [2.45, 2.75) is 64.7 Å². The molecule has 0 saturated carbocycles. The molecule has 3 rings (SSSR count). The molecule has 0 heterocycles. The molecule has 2 nitrogen and oxygen atoms in total. The van der Waals surface area contributed by atoms with Gasteiger partial charge in [0.05, 0.1) is 5.56 Å². The molecule has 3 aromatic rings.